The Morgan fingerprint density at radius 3 is 2.58 bits per heavy atom. The molecular weight excluding hydrogens is 300 g/mol. The molecule has 24 heavy (non-hydrogen) atoms. The van der Waals surface area contributed by atoms with Crippen LogP contribution in [0.15, 0.2) is 11.6 Å². The second kappa shape index (κ2) is 5.56. The fourth-order valence-electron chi connectivity index (χ4n) is 7.57. The minimum Gasteiger partial charge on any atom is -0.393 e. The van der Waals surface area contributed by atoms with E-state index in [1.165, 1.54) is 12.0 Å². The van der Waals surface area contributed by atoms with Crippen molar-refractivity contribution >= 4 is 0 Å². The summed E-state index contributed by atoms with van der Waals surface area (Å²) in [6.07, 6.45) is 8.67. The molecule has 3 saturated carbocycles. The van der Waals surface area contributed by atoms with E-state index in [9.17, 15) is 15.3 Å². The Morgan fingerprint density at radius 1 is 1.12 bits per heavy atom. The standard InChI is InChI=1S/C21H34O3/c1-12(22)19-18(24)11-17-15-5-4-13-10-14(23)6-8-20(13,2)16(15)7-9-21(17,19)3/h4,12,14-19,22-24H,5-11H2,1-3H3/t12?,14?,15?,16?,17?,18-,19?,20?,21?/m1/s1. The number of rotatable bonds is 1. The average molecular weight is 335 g/mol. The summed E-state index contributed by atoms with van der Waals surface area (Å²) in [4.78, 5) is 0. The van der Waals surface area contributed by atoms with Crippen molar-refractivity contribution in [3.8, 4) is 0 Å². The molecule has 3 heteroatoms. The summed E-state index contributed by atoms with van der Waals surface area (Å²) in [5.74, 6) is 1.86. The molecule has 136 valence electrons. The van der Waals surface area contributed by atoms with E-state index in [4.69, 9.17) is 0 Å². The molecule has 4 aliphatic rings. The number of aliphatic hydroxyl groups excluding tert-OH is 3. The molecule has 0 saturated heterocycles. The SMILES string of the molecule is CC(O)C1[C@H](O)CC2C3CC=C4CC(O)CCC4(C)C3CCC21C. The summed E-state index contributed by atoms with van der Waals surface area (Å²) in [6, 6.07) is 0. The van der Waals surface area contributed by atoms with Crippen molar-refractivity contribution in [1.29, 1.82) is 0 Å². The Balaban J connectivity index is 1.67. The highest BCUT2D eigenvalue weighted by Crippen LogP contribution is 2.66. The minimum atomic E-state index is -0.429. The van der Waals surface area contributed by atoms with E-state index < -0.39 is 6.10 Å². The van der Waals surface area contributed by atoms with E-state index in [0.717, 1.165) is 38.5 Å². The van der Waals surface area contributed by atoms with Crippen LogP contribution in [0.2, 0.25) is 0 Å². The maximum atomic E-state index is 10.7. The van der Waals surface area contributed by atoms with Crippen LogP contribution in [0.25, 0.3) is 0 Å². The second-order valence-electron chi connectivity index (χ2n) is 9.77. The summed E-state index contributed by atoms with van der Waals surface area (Å²) in [5, 5.41) is 31.0. The van der Waals surface area contributed by atoms with Crippen molar-refractivity contribution in [2.75, 3.05) is 0 Å². The molecule has 3 N–H and O–H groups in total. The molecule has 3 nitrogen and oxygen atoms in total. The smallest absolute Gasteiger partial charge is 0.0601 e. The van der Waals surface area contributed by atoms with Crippen molar-refractivity contribution < 1.29 is 15.3 Å². The van der Waals surface area contributed by atoms with Crippen LogP contribution in [-0.4, -0.2) is 33.6 Å². The van der Waals surface area contributed by atoms with Crippen LogP contribution >= 0.6 is 0 Å². The van der Waals surface area contributed by atoms with Crippen LogP contribution < -0.4 is 0 Å². The third-order valence-electron chi connectivity index (χ3n) is 8.71. The zero-order chi connectivity index (χ0) is 17.3. The first-order valence-electron chi connectivity index (χ1n) is 10.0. The zero-order valence-electron chi connectivity index (χ0n) is 15.4. The Morgan fingerprint density at radius 2 is 1.88 bits per heavy atom. The molecule has 0 radical (unpaired) electrons. The maximum Gasteiger partial charge on any atom is 0.0601 e. The molecule has 0 amide bonds. The van der Waals surface area contributed by atoms with E-state index in [0.29, 0.717) is 17.8 Å². The lowest BCUT2D eigenvalue weighted by Gasteiger charge is -2.58. The predicted molar refractivity (Wildman–Crippen MR) is 94.3 cm³/mol. The molecule has 0 aliphatic heterocycles. The minimum absolute atomic E-state index is 0.0230. The third kappa shape index (κ3) is 2.20. The van der Waals surface area contributed by atoms with Gasteiger partial charge in [-0.15, -0.1) is 0 Å². The van der Waals surface area contributed by atoms with Crippen molar-refractivity contribution in [3.63, 3.8) is 0 Å². The van der Waals surface area contributed by atoms with Crippen LogP contribution in [0.4, 0.5) is 0 Å². The zero-order valence-corrected chi connectivity index (χ0v) is 15.4. The van der Waals surface area contributed by atoms with Gasteiger partial charge in [0, 0.05) is 5.92 Å². The first-order valence-corrected chi connectivity index (χ1v) is 10.0. The lowest BCUT2D eigenvalue weighted by atomic mass is 9.47. The fraction of sp³-hybridized carbons (Fsp3) is 0.905. The molecular formula is C21H34O3. The van der Waals surface area contributed by atoms with Crippen molar-refractivity contribution in [2.24, 2.45) is 34.5 Å². The molecule has 0 bridgehead atoms. The van der Waals surface area contributed by atoms with Gasteiger partial charge in [0.05, 0.1) is 18.3 Å². The summed E-state index contributed by atoms with van der Waals surface area (Å²) in [6.45, 7) is 6.62. The lowest BCUT2D eigenvalue weighted by molar-refractivity contribution is -0.0761. The topological polar surface area (TPSA) is 60.7 Å². The number of hydrogen-bond acceptors (Lipinski definition) is 3. The van der Waals surface area contributed by atoms with Gasteiger partial charge in [-0.1, -0.05) is 25.5 Å². The van der Waals surface area contributed by atoms with Gasteiger partial charge >= 0.3 is 0 Å². The van der Waals surface area contributed by atoms with Gasteiger partial charge in [-0.2, -0.15) is 0 Å². The van der Waals surface area contributed by atoms with E-state index in [-0.39, 0.29) is 29.0 Å². The van der Waals surface area contributed by atoms with Crippen molar-refractivity contribution in [1.82, 2.24) is 0 Å². The molecule has 0 spiro atoms. The Bertz CT molecular complexity index is 541. The number of aliphatic hydroxyl groups is 3. The molecule has 4 rings (SSSR count). The number of allylic oxidation sites excluding steroid dienone is 1. The highest BCUT2D eigenvalue weighted by atomic mass is 16.3. The van der Waals surface area contributed by atoms with Crippen LogP contribution in [-0.2, 0) is 0 Å². The van der Waals surface area contributed by atoms with Crippen LogP contribution in [0.5, 0.6) is 0 Å². The molecule has 3 fully saturated rings. The molecule has 4 aliphatic carbocycles. The Hall–Kier alpha value is -0.380. The number of fused-ring (bicyclic) bond motifs is 5. The van der Waals surface area contributed by atoms with Crippen molar-refractivity contribution in [3.05, 3.63) is 11.6 Å². The Labute approximate surface area is 146 Å². The molecule has 0 heterocycles. The molecule has 0 aromatic carbocycles. The predicted octanol–water partition coefficient (Wildman–Crippen LogP) is 3.28. The van der Waals surface area contributed by atoms with Gasteiger partial charge < -0.3 is 15.3 Å². The van der Waals surface area contributed by atoms with Gasteiger partial charge in [-0.25, -0.2) is 0 Å². The van der Waals surface area contributed by atoms with Crippen LogP contribution in [0.1, 0.15) is 65.7 Å². The van der Waals surface area contributed by atoms with E-state index in [2.05, 4.69) is 19.9 Å². The highest BCUT2D eigenvalue weighted by molar-refractivity contribution is 5.25. The van der Waals surface area contributed by atoms with Gasteiger partial charge in [-0.05, 0) is 80.5 Å². The lowest BCUT2D eigenvalue weighted by Crippen LogP contribution is -2.51. The third-order valence-corrected chi connectivity index (χ3v) is 8.71. The average Bonchev–Trinajstić information content (AvgIpc) is 2.78. The van der Waals surface area contributed by atoms with E-state index >= 15 is 0 Å². The molecule has 9 atom stereocenters. The Kier molecular flexibility index (Phi) is 3.95. The first-order chi connectivity index (χ1) is 11.3. The largest absolute Gasteiger partial charge is 0.393 e. The fourth-order valence-corrected chi connectivity index (χ4v) is 7.57. The summed E-state index contributed by atoms with van der Waals surface area (Å²) in [5.41, 5.74) is 1.82. The van der Waals surface area contributed by atoms with Gasteiger partial charge in [0.1, 0.15) is 0 Å². The molecule has 8 unspecified atom stereocenters. The molecule has 0 aromatic rings. The summed E-state index contributed by atoms with van der Waals surface area (Å²) >= 11 is 0. The summed E-state index contributed by atoms with van der Waals surface area (Å²) < 4.78 is 0. The summed E-state index contributed by atoms with van der Waals surface area (Å²) in [7, 11) is 0. The van der Waals surface area contributed by atoms with Crippen LogP contribution in [0.3, 0.4) is 0 Å². The van der Waals surface area contributed by atoms with Gasteiger partial charge in [0.15, 0.2) is 0 Å². The van der Waals surface area contributed by atoms with Gasteiger partial charge in [0.2, 0.25) is 0 Å². The van der Waals surface area contributed by atoms with Gasteiger partial charge in [0.25, 0.3) is 0 Å². The monoisotopic (exact) mass is 334 g/mol. The normalized spacial score (nSPS) is 55.2. The van der Waals surface area contributed by atoms with Crippen LogP contribution in [0, 0.1) is 34.5 Å². The van der Waals surface area contributed by atoms with Gasteiger partial charge in [-0.3, -0.25) is 0 Å². The second-order valence-corrected chi connectivity index (χ2v) is 9.77. The first kappa shape index (κ1) is 17.1. The van der Waals surface area contributed by atoms with E-state index in [1.807, 2.05) is 6.92 Å². The maximum absolute atomic E-state index is 10.7. The highest BCUT2D eigenvalue weighted by Gasteiger charge is 2.61. The molecule has 0 aromatic heterocycles. The quantitative estimate of drug-likeness (QED) is 0.645. The van der Waals surface area contributed by atoms with E-state index in [1.54, 1.807) is 0 Å². The number of hydrogen-bond donors (Lipinski definition) is 3. The van der Waals surface area contributed by atoms with Crippen molar-refractivity contribution in [2.45, 2.75) is 84.0 Å².